The second-order valence-electron chi connectivity index (χ2n) is 3.64. The number of hydrogen-bond acceptors (Lipinski definition) is 4. The van der Waals surface area contributed by atoms with E-state index < -0.39 is 12.0 Å². The second kappa shape index (κ2) is 5.05. The van der Waals surface area contributed by atoms with Gasteiger partial charge in [-0.3, -0.25) is 14.7 Å². The Morgan fingerprint density at radius 1 is 1.44 bits per heavy atom. The maximum Gasteiger partial charge on any atom is 0.327 e. The molecule has 1 aliphatic heterocycles. The van der Waals surface area contributed by atoms with Crippen molar-refractivity contribution in [1.82, 2.24) is 9.88 Å². The van der Waals surface area contributed by atoms with Crippen LogP contribution in [-0.2, 0) is 9.53 Å². The SMILES string of the molecule is O=C(O)[C@H](c1ccccn1)N1CCOCC1. The molecule has 1 N–H and O–H groups in total. The summed E-state index contributed by atoms with van der Waals surface area (Å²) < 4.78 is 5.21. The normalized spacial score (nSPS) is 19.2. The topological polar surface area (TPSA) is 62.7 Å². The third kappa shape index (κ3) is 2.37. The lowest BCUT2D eigenvalue weighted by molar-refractivity contribution is -0.145. The zero-order chi connectivity index (χ0) is 11.4. The molecule has 1 fully saturated rings. The van der Waals surface area contributed by atoms with Crippen molar-refractivity contribution in [1.29, 1.82) is 0 Å². The molecule has 2 heterocycles. The van der Waals surface area contributed by atoms with Crippen LogP contribution in [0.1, 0.15) is 11.7 Å². The van der Waals surface area contributed by atoms with E-state index in [0.29, 0.717) is 32.0 Å². The minimum atomic E-state index is -0.861. The zero-order valence-electron chi connectivity index (χ0n) is 8.87. The number of carboxylic acid groups (broad SMARTS) is 1. The number of aliphatic carboxylic acids is 1. The van der Waals surface area contributed by atoms with Gasteiger partial charge in [0.15, 0.2) is 6.04 Å². The van der Waals surface area contributed by atoms with Crippen molar-refractivity contribution >= 4 is 5.97 Å². The standard InChI is InChI=1S/C11H14N2O3/c14-11(15)10(9-3-1-2-4-12-9)13-5-7-16-8-6-13/h1-4,10H,5-8H2,(H,14,15)/t10-/m0/s1. The lowest BCUT2D eigenvalue weighted by atomic mass is 10.1. The molecule has 1 aromatic rings. The number of nitrogens with zero attached hydrogens (tertiary/aromatic N) is 2. The number of carboxylic acids is 1. The van der Waals surface area contributed by atoms with Crippen molar-refractivity contribution < 1.29 is 14.6 Å². The van der Waals surface area contributed by atoms with Crippen LogP contribution >= 0.6 is 0 Å². The van der Waals surface area contributed by atoms with E-state index >= 15 is 0 Å². The van der Waals surface area contributed by atoms with Gasteiger partial charge in [-0.1, -0.05) is 6.07 Å². The van der Waals surface area contributed by atoms with Crippen molar-refractivity contribution in [2.75, 3.05) is 26.3 Å². The van der Waals surface area contributed by atoms with E-state index in [9.17, 15) is 9.90 Å². The molecule has 1 saturated heterocycles. The van der Waals surface area contributed by atoms with Gasteiger partial charge < -0.3 is 9.84 Å². The van der Waals surface area contributed by atoms with Crippen molar-refractivity contribution in [2.45, 2.75) is 6.04 Å². The van der Waals surface area contributed by atoms with Gasteiger partial charge in [0.2, 0.25) is 0 Å². The molecule has 1 aliphatic rings. The van der Waals surface area contributed by atoms with Gasteiger partial charge in [0.05, 0.1) is 18.9 Å². The number of morpholine rings is 1. The Labute approximate surface area is 93.7 Å². The number of rotatable bonds is 3. The Morgan fingerprint density at radius 3 is 2.75 bits per heavy atom. The fraction of sp³-hybridized carbons (Fsp3) is 0.455. The van der Waals surface area contributed by atoms with Crippen LogP contribution in [0, 0.1) is 0 Å². The molecule has 16 heavy (non-hydrogen) atoms. The van der Waals surface area contributed by atoms with Gasteiger partial charge in [-0.2, -0.15) is 0 Å². The summed E-state index contributed by atoms with van der Waals surface area (Å²) in [6.45, 7) is 2.42. The van der Waals surface area contributed by atoms with Crippen LogP contribution in [0.15, 0.2) is 24.4 Å². The quantitative estimate of drug-likeness (QED) is 0.808. The summed E-state index contributed by atoms with van der Waals surface area (Å²) >= 11 is 0. The van der Waals surface area contributed by atoms with Gasteiger partial charge in [0, 0.05) is 19.3 Å². The summed E-state index contributed by atoms with van der Waals surface area (Å²) in [5.74, 6) is -0.861. The molecule has 1 atom stereocenters. The van der Waals surface area contributed by atoms with Crippen molar-refractivity contribution in [3.63, 3.8) is 0 Å². The molecule has 0 saturated carbocycles. The zero-order valence-corrected chi connectivity index (χ0v) is 8.87. The van der Waals surface area contributed by atoms with Crippen LogP contribution in [0.3, 0.4) is 0 Å². The molecule has 2 rings (SSSR count). The van der Waals surface area contributed by atoms with Crippen LogP contribution in [0.2, 0.25) is 0 Å². The van der Waals surface area contributed by atoms with Crippen molar-refractivity contribution in [2.24, 2.45) is 0 Å². The number of pyridine rings is 1. The van der Waals surface area contributed by atoms with E-state index in [-0.39, 0.29) is 0 Å². The largest absolute Gasteiger partial charge is 0.480 e. The summed E-state index contributed by atoms with van der Waals surface area (Å²) in [4.78, 5) is 17.3. The molecule has 86 valence electrons. The molecule has 5 heteroatoms. The van der Waals surface area contributed by atoms with Gasteiger partial charge in [-0.05, 0) is 12.1 Å². The molecule has 0 aliphatic carbocycles. The van der Waals surface area contributed by atoms with Gasteiger partial charge in [0.25, 0.3) is 0 Å². The molecule has 0 amide bonds. The summed E-state index contributed by atoms with van der Waals surface area (Å²) in [5, 5.41) is 9.26. The summed E-state index contributed by atoms with van der Waals surface area (Å²) in [7, 11) is 0. The van der Waals surface area contributed by atoms with Crippen LogP contribution in [0.5, 0.6) is 0 Å². The molecule has 0 radical (unpaired) electrons. The fourth-order valence-electron chi connectivity index (χ4n) is 1.84. The third-order valence-electron chi connectivity index (χ3n) is 2.61. The van der Waals surface area contributed by atoms with E-state index in [4.69, 9.17) is 4.74 Å². The van der Waals surface area contributed by atoms with Crippen LogP contribution in [0.4, 0.5) is 0 Å². The Bertz CT molecular complexity index is 350. The minimum absolute atomic E-state index is 0.580. The maximum absolute atomic E-state index is 11.3. The fourth-order valence-corrected chi connectivity index (χ4v) is 1.84. The lowest BCUT2D eigenvalue weighted by Gasteiger charge is -2.31. The highest BCUT2D eigenvalue weighted by molar-refractivity contribution is 5.74. The van der Waals surface area contributed by atoms with Gasteiger partial charge in [-0.15, -0.1) is 0 Å². The molecule has 0 unspecified atom stereocenters. The molecular formula is C11H14N2O3. The Balaban J connectivity index is 2.20. The van der Waals surface area contributed by atoms with E-state index in [0.717, 1.165) is 0 Å². The minimum Gasteiger partial charge on any atom is -0.480 e. The van der Waals surface area contributed by atoms with E-state index in [1.165, 1.54) is 0 Å². The average molecular weight is 222 g/mol. The first kappa shape index (κ1) is 11.0. The van der Waals surface area contributed by atoms with Gasteiger partial charge in [-0.25, -0.2) is 0 Å². The van der Waals surface area contributed by atoms with Gasteiger partial charge >= 0.3 is 5.97 Å². The van der Waals surface area contributed by atoms with Crippen molar-refractivity contribution in [3.8, 4) is 0 Å². The van der Waals surface area contributed by atoms with Crippen LogP contribution < -0.4 is 0 Å². The predicted molar refractivity (Wildman–Crippen MR) is 57.0 cm³/mol. The highest BCUT2D eigenvalue weighted by Crippen LogP contribution is 2.19. The van der Waals surface area contributed by atoms with Crippen LogP contribution in [0.25, 0.3) is 0 Å². The number of hydrogen-bond donors (Lipinski definition) is 1. The Hall–Kier alpha value is -1.46. The monoisotopic (exact) mass is 222 g/mol. The first-order chi connectivity index (χ1) is 7.79. The predicted octanol–water partition coefficient (Wildman–Crippen LogP) is 0.540. The van der Waals surface area contributed by atoms with E-state index in [2.05, 4.69) is 4.98 Å². The van der Waals surface area contributed by atoms with Gasteiger partial charge in [0.1, 0.15) is 0 Å². The molecule has 5 nitrogen and oxygen atoms in total. The maximum atomic E-state index is 11.3. The highest BCUT2D eigenvalue weighted by Gasteiger charge is 2.29. The molecule has 0 spiro atoms. The third-order valence-corrected chi connectivity index (χ3v) is 2.61. The second-order valence-corrected chi connectivity index (χ2v) is 3.64. The first-order valence-corrected chi connectivity index (χ1v) is 5.24. The number of aromatic nitrogens is 1. The average Bonchev–Trinajstić information content (AvgIpc) is 2.31. The molecular weight excluding hydrogens is 208 g/mol. The number of ether oxygens (including phenoxy) is 1. The molecule has 0 bridgehead atoms. The summed E-state index contributed by atoms with van der Waals surface area (Å²) in [6.07, 6.45) is 1.62. The van der Waals surface area contributed by atoms with E-state index in [1.807, 2.05) is 4.90 Å². The summed E-state index contributed by atoms with van der Waals surface area (Å²) in [5.41, 5.74) is 0.580. The van der Waals surface area contributed by atoms with Crippen molar-refractivity contribution in [3.05, 3.63) is 30.1 Å². The molecule has 1 aromatic heterocycles. The highest BCUT2D eigenvalue weighted by atomic mass is 16.5. The Kier molecular flexibility index (Phi) is 3.48. The lowest BCUT2D eigenvalue weighted by Crippen LogP contribution is -2.42. The first-order valence-electron chi connectivity index (χ1n) is 5.24. The number of carbonyl (C=O) groups is 1. The Morgan fingerprint density at radius 2 is 2.19 bits per heavy atom. The summed E-state index contributed by atoms with van der Waals surface area (Å²) in [6, 6.07) is 4.67. The van der Waals surface area contributed by atoms with E-state index in [1.54, 1.807) is 24.4 Å². The van der Waals surface area contributed by atoms with Crippen LogP contribution in [-0.4, -0.2) is 47.3 Å². The smallest absolute Gasteiger partial charge is 0.327 e. The molecule has 0 aromatic carbocycles.